The number of hydrogen-bond acceptors (Lipinski definition) is 5. The average Bonchev–Trinajstić information content (AvgIpc) is 3.13. The predicted molar refractivity (Wildman–Crippen MR) is 104 cm³/mol. The van der Waals surface area contributed by atoms with Gasteiger partial charge in [-0.1, -0.05) is 30.3 Å². The highest BCUT2D eigenvalue weighted by molar-refractivity contribution is 6.06. The fourth-order valence-corrected chi connectivity index (χ4v) is 2.73. The van der Waals surface area contributed by atoms with Crippen molar-refractivity contribution >= 4 is 22.6 Å². The summed E-state index contributed by atoms with van der Waals surface area (Å²) in [6.07, 6.45) is 0. The Morgan fingerprint density at radius 1 is 1.04 bits per heavy atom. The predicted octanol–water partition coefficient (Wildman–Crippen LogP) is 2.45. The Labute approximate surface area is 159 Å². The van der Waals surface area contributed by atoms with Crippen LogP contribution in [0, 0.1) is 0 Å². The van der Waals surface area contributed by atoms with Crippen LogP contribution in [-0.2, 0) is 6.54 Å². The second-order valence-electron chi connectivity index (χ2n) is 6.01. The molecule has 1 amide bonds. The molecule has 28 heavy (non-hydrogen) atoms. The quantitative estimate of drug-likeness (QED) is 0.539. The number of hydrogen-bond donors (Lipinski definition) is 2. The molecule has 4 aromatic rings. The number of aromatic amines is 1. The average molecular weight is 375 g/mol. The number of carbonyl (C=O) groups excluding carboxylic acids is 1. The van der Waals surface area contributed by atoms with E-state index in [9.17, 15) is 9.59 Å². The van der Waals surface area contributed by atoms with Gasteiger partial charge in [0.05, 0.1) is 12.1 Å². The van der Waals surface area contributed by atoms with Gasteiger partial charge in [-0.2, -0.15) is 10.2 Å². The van der Waals surface area contributed by atoms with Crippen LogP contribution in [0.1, 0.15) is 10.5 Å². The molecule has 8 heteroatoms. The smallest absolute Gasteiger partial charge is 0.277 e. The number of carbonyl (C=O) groups is 1. The zero-order valence-electron chi connectivity index (χ0n) is 14.8. The summed E-state index contributed by atoms with van der Waals surface area (Å²) in [6, 6.07) is 19.4. The number of fused-ring (bicyclic) bond motifs is 1. The standard InChI is InChI=1S/C20H17N5O3/c26-18-11-10-17(24-25(18)12-13-28-14-6-2-1-3-7-14)20(27)21-19-15-8-4-5-9-16(15)22-23-19/h1-11H,12-13H2,(H2,21,22,23,27). The summed E-state index contributed by atoms with van der Waals surface area (Å²) in [5.74, 6) is 0.664. The SMILES string of the molecule is O=C(Nc1n[nH]c2ccccc12)c1ccc(=O)n(CCOc2ccccc2)n1. The number of nitrogens with one attached hydrogen (secondary N) is 2. The van der Waals surface area contributed by atoms with E-state index in [4.69, 9.17) is 4.74 Å². The van der Waals surface area contributed by atoms with Crippen LogP contribution in [0.5, 0.6) is 5.75 Å². The maximum absolute atomic E-state index is 12.5. The number of rotatable bonds is 6. The fourth-order valence-electron chi connectivity index (χ4n) is 2.73. The Morgan fingerprint density at radius 3 is 2.68 bits per heavy atom. The van der Waals surface area contributed by atoms with Gasteiger partial charge in [0, 0.05) is 11.5 Å². The minimum Gasteiger partial charge on any atom is -0.492 e. The van der Waals surface area contributed by atoms with Crippen molar-refractivity contribution in [3.05, 3.63) is 82.8 Å². The molecule has 0 unspecified atom stereocenters. The summed E-state index contributed by atoms with van der Waals surface area (Å²) < 4.78 is 6.79. The van der Waals surface area contributed by atoms with Gasteiger partial charge in [0.1, 0.15) is 18.1 Å². The molecule has 0 aliphatic rings. The molecule has 2 aromatic carbocycles. The number of nitrogens with zero attached hydrogens (tertiary/aromatic N) is 3. The second kappa shape index (κ2) is 7.75. The number of para-hydroxylation sites is 2. The van der Waals surface area contributed by atoms with Crippen LogP contribution in [0.2, 0.25) is 0 Å². The zero-order chi connectivity index (χ0) is 19.3. The van der Waals surface area contributed by atoms with Gasteiger partial charge in [-0.25, -0.2) is 4.68 Å². The molecular formula is C20H17N5O3. The molecular weight excluding hydrogens is 358 g/mol. The molecule has 140 valence electrons. The van der Waals surface area contributed by atoms with Gasteiger partial charge in [-0.3, -0.25) is 14.7 Å². The molecule has 8 nitrogen and oxygen atoms in total. The van der Waals surface area contributed by atoms with Gasteiger partial charge in [-0.05, 0) is 30.3 Å². The maximum Gasteiger partial charge on any atom is 0.277 e. The van der Waals surface area contributed by atoms with Gasteiger partial charge in [-0.15, -0.1) is 0 Å². The minimum absolute atomic E-state index is 0.117. The Bertz CT molecular complexity index is 1170. The highest BCUT2D eigenvalue weighted by Crippen LogP contribution is 2.19. The van der Waals surface area contributed by atoms with Crippen LogP contribution in [0.15, 0.2) is 71.5 Å². The monoisotopic (exact) mass is 375 g/mol. The maximum atomic E-state index is 12.5. The van der Waals surface area contributed by atoms with Crippen LogP contribution in [-0.4, -0.2) is 32.5 Å². The normalized spacial score (nSPS) is 10.7. The summed E-state index contributed by atoms with van der Waals surface area (Å²) in [5, 5.41) is 14.6. The van der Waals surface area contributed by atoms with Crippen molar-refractivity contribution in [2.24, 2.45) is 0 Å². The van der Waals surface area contributed by atoms with Crippen molar-refractivity contribution in [2.45, 2.75) is 6.54 Å². The van der Waals surface area contributed by atoms with Gasteiger partial charge in [0.25, 0.3) is 11.5 Å². The molecule has 2 N–H and O–H groups in total. The van der Waals surface area contributed by atoms with Crippen molar-refractivity contribution in [1.29, 1.82) is 0 Å². The molecule has 2 heterocycles. The lowest BCUT2D eigenvalue weighted by Crippen LogP contribution is -2.28. The van der Waals surface area contributed by atoms with Gasteiger partial charge in [0.15, 0.2) is 5.82 Å². The Balaban J connectivity index is 1.46. The zero-order valence-corrected chi connectivity index (χ0v) is 14.8. The van der Waals surface area contributed by atoms with Crippen LogP contribution >= 0.6 is 0 Å². The summed E-state index contributed by atoms with van der Waals surface area (Å²) in [6.45, 7) is 0.478. The Hall–Kier alpha value is -3.94. The van der Waals surface area contributed by atoms with E-state index in [2.05, 4.69) is 20.6 Å². The van der Waals surface area contributed by atoms with E-state index in [1.165, 1.54) is 16.8 Å². The number of anilines is 1. The molecule has 0 bridgehead atoms. The number of aromatic nitrogens is 4. The van der Waals surface area contributed by atoms with Crippen LogP contribution < -0.4 is 15.6 Å². The molecule has 0 aliphatic carbocycles. The summed E-state index contributed by atoms with van der Waals surface area (Å²) in [7, 11) is 0. The first-order chi connectivity index (χ1) is 13.7. The number of amides is 1. The van der Waals surface area contributed by atoms with Crippen molar-refractivity contribution in [3.8, 4) is 5.75 Å². The number of benzene rings is 2. The Kier molecular flexibility index (Phi) is 4.83. The third-order valence-electron chi connectivity index (χ3n) is 4.12. The first-order valence-electron chi connectivity index (χ1n) is 8.71. The lowest BCUT2D eigenvalue weighted by atomic mass is 10.2. The van der Waals surface area contributed by atoms with E-state index in [1.54, 1.807) is 0 Å². The van der Waals surface area contributed by atoms with Gasteiger partial charge >= 0.3 is 0 Å². The third-order valence-corrected chi connectivity index (χ3v) is 4.12. The van der Waals surface area contributed by atoms with Crippen LogP contribution in [0.4, 0.5) is 5.82 Å². The fraction of sp³-hybridized carbons (Fsp3) is 0.100. The van der Waals surface area contributed by atoms with Crippen molar-refractivity contribution in [2.75, 3.05) is 11.9 Å². The largest absolute Gasteiger partial charge is 0.492 e. The molecule has 2 aromatic heterocycles. The second-order valence-corrected chi connectivity index (χ2v) is 6.01. The van der Waals surface area contributed by atoms with Crippen LogP contribution in [0.3, 0.4) is 0 Å². The lowest BCUT2D eigenvalue weighted by Gasteiger charge is -2.08. The van der Waals surface area contributed by atoms with Gasteiger partial charge in [0.2, 0.25) is 0 Å². The number of ether oxygens (including phenoxy) is 1. The third kappa shape index (κ3) is 3.75. The summed E-state index contributed by atoms with van der Waals surface area (Å²) in [4.78, 5) is 24.6. The van der Waals surface area contributed by atoms with E-state index in [1.807, 2.05) is 54.6 Å². The van der Waals surface area contributed by atoms with Crippen molar-refractivity contribution in [3.63, 3.8) is 0 Å². The van der Waals surface area contributed by atoms with E-state index in [-0.39, 0.29) is 24.4 Å². The molecule has 0 aliphatic heterocycles. The molecule has 4 rings (SSSR count). The van der Waals surface area contributed by atoms with Crippen molar-refractivity contribution < 1.29 is 9.53 Å². The van der Waals surface area contributed by atoms with Crippen molar-refractivity contribution in [1.82, 2.24) is 20.0 Å². The topological polar surface area (TPSA) is 102 Å². The molecule has 0 saturated carbocycles. The molecule has 0 radical (unpaired) electrons. The number of H-pyrrole nitrogens is 1. The first-order valence-corrected chi connectivity index (χ1v) is 8.71. The first kappa shape index (κ1) is 17.5. The minimum atomic E-state index is -0.449. The van der Waals surface area contributed by atoms with Gasteiger partial charge < -0.3 is 10.1 Å². The highest BCUT2D eigenvalue weighted by atomic mass is 16.5. The van der Waals surface area contributed by atoms with E-state index < -0.39 is 5.91 Å². The van der Waals surface area contributed by atoms with E-state index in [0.717, 1.165) is 10.9 Å². The Morgan fingerprint density at radius 2 is 1.82 bits per heavy atom. The van der Waals surface area contributed by atoms with Crippen LogP contribution in [0.25, 0.3) is 10.9 Å². The lowest BCUT2D eigenvalue weighted by molar-refractivity contribution is 0.101. The highest BCUT2D eigenvalue weighted by Gasteiger charge is 2.13. The molecule has 0 fully saturated rings. The summed E-state index contributed by atoms with van der Waals surface area (Å²) >= 11 is 0. The molecule has 0 saturated heterocycles. The molecule has 0 spiro atoms. The van der Waals surface area contributed by atoms with E-state index >= 15 is 0 Å². The summed E-state index contributed by atoms with van der Waals surface area (Å²) in [5.41, 5.74) is 0.624. The van der Waals surface area contributed by atoms with E-state index in [0.29, 0.717) is 11.6 Å². The molecule has 0 atom stereocenters.